The Morgan fingerprint density at radius 2 is 1.72 bits per heavy atom. The van der Waals surface area contributed by atoms with Gasteiger partial charge in [-0.2, -0.15) is 0 Å². The number of aryl methyl sites for hydroxylation is 1. The Labute approximate surface area is 204 Å². The van der Waals surface area contributed by atoms with Crippen LogP contribution in [0.3, 0.4) is 0 Å². The molecule has 0 aliphatic heterocycles. The number of hydrogen-bond acceptors (Lipinski definition) is 5. The molecule has 3 rings (SSSR count). The van der Waals surface area contributed by atoms with E-state index in [1.165, 1.54) is 23.9 Å². The predicted molar refractivity (Wildman–Crippen MR) is 129 cm³/mol. The van der Waals surface area contributed by atoms with E-state index >= 15 is 0 Å². The number of thioether (sulfide) groups is 1. The van der Waals surface area contributed by atoms with E-state index in [4.69, 9.17) is 34.8 Å². The van der Waals surface area contributed by atoms with Gasteiger partial charge in [0.25, 0.3) is 5.91 Å². The molecule has 0 aliphatic rings. The van der Waals surface area contributed by atoms with Crippen LogP contribution in [0.5, 0.6) is 0 Å². The molecule has 2 N–H and O–H groups in total. The Morgan fingerprint density at radius 3 is 2.41 bits per heavy atom. The van der Waals surface area contributed by atoms with Crippen LogP contribution in [0, 0.1) is 6.92 Å². The SMILES string of the molecule is Cc1ccc(C(=O)N[C@H](C)c2nnc(SCC(=O)Nc3cc(Cl)c(Cl)cc3Cl)n2C)cc1. The summed E-state index contributed by atoms with van der Waals surface area (Å²) in [5, 5.41) is 15.3. The Morgan fingerprint density at radius 1 is 1.06 bits per heavy atom. The first kappa shape index (κ1) is 24.4. The summed E-state index contributed by atoms with van der Waals surface area (Å²) in [7, 11) is 1.78. The van der Waals surface area contributed by atoms with Gasteiger partial charge in [-0.15, -0.1) is 10.2 Å². The maximum atomic E-state index is 12.5. The lowest BCUT2D eigenvalue weighted by molar-refractivity contribution is -0.113. The molecule has 168 valence electrons. The summed E-state index contributed by atoms with van der Waals surface area (Å²) >= 11 is 19.2. The summed E-state index contributed by atoms with van der Waals surface area (Å²) < 4.78 is 1.74. The third kappa shape index (κ3) is 5.95. The summed E-state index contributed by atoms with van der Waals surface area (Å²) in [6.45, 7) is 3.78. The summed E-state index contributed by atoms with van der Waals surface area (Å²) in [6, 6.07) is 9.89. The van der Waals surface area contributed by atoms with Crippen LogP contribution in [0.2, 0.25) is 15.1 Å². The molecule has 2 amide bonds. The molecule has 0 spiro atoms. The fraction of sp³-hybridized carbons (Fsp3) is 0.238. The molecule has 0 radical (unpaired) electrons. The van der Waals surface area contributed by atoms with Gasteiger partial charge in [0.1, 0.15) is 0 Å². The van der Waals surface area contributed by atoms with Crippen molar-refractivity contribution < 1.29 is 9.59 Å². The minimum Gasteiger partial charge on any atom is -0.342 e. The molecule has 2 aromatic carbocycles. The molecule has 0 bridgehead atoms. The molecule has 0 fully saturated rings. The molecule has 1 aromatic heterocycles. The van der Waals surface area contributed by atoms with Crippen LogP contribution in [0.4, 0.5) is 5.69 Å². The van der Waals surface area contributed by atoms with E-state index in [0.717, 1.165) is 5.56 Å². The lowest BCUT2D eigenvalue weighted by Crippen LogP contribution is -2.28. The second kappa shape index (κ2) is 10.6. The van der Waals surface area contributed by atoms with Crippen LogP contribution in [0.15, 0.2) is 41.6 Å². The smallest absolute Gasteiger partial charge is 0.251 e. The molecule has 0 aliphatic carbocycles. The molecule has 0 unspecified atom stereocenters. The predicted octanol–water partition coefficient (Wildman–Crippen LogP) is 5.31. The van der Waals surface area contributed by atoms with E-state index in [1.54, 1.807) is 23.7 Å². The number of amides is 2. The van der Waals surface area contributed by atoms with E-state index in [9.17, 15) is 9.59 Å². The third-order valence-corrected chi connectivity index (χ3v) is 6.59. The van der Waals surface area contributed by atoms with Gasteiger partial charge in [0, 0.05) is 12.6 Å². The highest BCUT2D eigenvalue weighted by Gasteiger charge is 2.19. The molecular weight excluding hydrogens is 493 g/mol. The first-order chi connectivity index (χ1) is 15.2. The fourth-order valence-corrected chi connectivity index (χ4v) is 4.13. The minimum absolute atomic E-state index is 0.0760. The average Bonchev–Trinajstić information content (AvgIpc) is 3.11. The summed E-state index contributed by atoms with van der Waals surface area (Å²) in [6.07, 6.45) is 0. The van der Waals surface area contributed by atoms with Crippen molar-refractivity contribution >= 4 is 64.1 Å². The Bertz CT molecular complexity index is 1150. The molecule has 11 heteroatoms. The van der Waals surface area contributed by atoms with E-state index in [1.807, 2.05) is 26.0 Å². The van der Waals surface area contributed by atoms with Gasteiger partial charge >= 0.3 is 0 Å². The molecule has 1 heterocycles. The van der Waals surface area contributed by atoms with Crippen LogP contribution in [-0.2, 0) is 11.8 Å². The highest BCUT2D eigenvalue weighted by Crippen LogP contribution is 2.32. The number of hydrogen-bond donors (Lipinski definition) is 2. The van der Waals surface area contributed by atoms with E-state index < -0.39 is 0 Å². The van der Waals surface area contributed by atoms with Crippen molar-refractivity contribution in [3.63, 3.8) is 0 Å². The van der Waals surface area contributed by atoms with Crippen LogP contribution in [0.1, 0.15) is 34.7 Å². The van der Waals surface area contributed by atoms with Gasteiger partial charge in [0.15, 0.2) is 11.0 Å². The highest BCUT2D eigenvalue weighted by molar-refractivity contribution is 7.99. The highest BCUT2D eigenvalue weighted by atomic mass is 35.5. The van der Waals surface area contributed by atoms with Gasteiger partial charge in [0.2, 0.25) is 5.91 Å². The van der Waals surface area contributed by atoms with Crippen LogP contribution >= 0.6 is 46.6 Å². The lowest BCUT2D eigenvalue weighted by Gasteiger charge is -2.14. The maximum absolute atomic E-state index is 12.5. The van der Waals surface area contributed by atoms with Crippen LogP contribution < -0.4 is 10.6 Å². The minimum atomic E-state index is -0.375. The van der Waals surface area contributed by atoms with Crippen molar-refractivity contribution in [2.24, 2.45) is 7.05 Å². The van der Waals surface area contributed by atoms with Crippen LogP contribution in [0.25, 0.3) is 0 Å². The number of nitrogens with one attached hydrogen (secondary N) is 2. The molecule has 1 atom stereocenters. The Hall–Kier alpha value is -2.26. The van der Waals surface area contributed by atoms with Crippen molar-refractivity contribution in [2.45, 2.75) is 25.0 Å². The van der Waals surface area contributed by atoms with Crippen molar-refractivity contribution in [3.05, 3.63) is 68.4 Å². The first-order valence-corrected chi connectivity index (χ1v) is 11.6. The first-order valence-electron chi connectivity index (χ1n) is 9.49. The largest absolute Gasteiger partial charge is 0.342 e. The molecule has 32 heavy (non-hydrogen) atoms. The quantitative estimate of drug-likeness (QED) is 0.331. The van der Waals surface area contributed by atoms with Gasteiger partial charge in [0.05, 0.1) is 32.5 Å². The number of halogens is 3. The van der Waals surface area contributed by atoms with E-state index in [0.29, 0.717) is 32.3 Å². The number of carbonyl (C=O) groups is 2. The molecule has 0 saturated carbocycles. The number of aromatic nitrogens is 3. The van der Waals surface area contributed by atoms with E-state index in [2.05, 4.69) is 20.8 Å². The Kier molecular flexibility index (Phi) is 8.05. The number of rotatable bonds is 7. The number of anilines is 1. The average molecular weight is 513 g/mol. The summed E-state index contributed by atoms with van der Waals surface area (Å²) in [5.41, 5.74) is 2.02. The lowest BCUT2D eigenvalue weighted by atomic mass is 10.1. The molecular formula is C21H20Cl3N5O2S. The topological polar surface area (TPSA) is 88.9 Å². The van der Waals surface area contributed by atoms with Crippen molar-refractivity contribution in [2.75, 3.05) is 11.1 Å². The standard InChI is InChI=1S/C21H20Cl3N5O2S/c1-11-4-6-13(7-5-11)20(31)25-12(2)19-27-28-21(29(19)3)32-10-18(30)26-17-9-15(23)14(22)8-16(17)24/h4-9,12H,10H2,1-3H3,(H,25,31)(H,26,30)/t12-/m1/s1. The second-order valence-corrected chi connectivity index (χ2v) is 9.21. The second-order valence-electron chi connectivity index (χ2n) is 7.04. The molecule has 0 saturated heterocycles. The zero-order valence-electron chi connectivity index (χ0n) is 17.4. The molecule has 3 aromatic rings. The number of benzene rings is 2. The third-order valence-electron chi connectivity index (χ3n) is 4.53. The zero-order chi connectivity index (χ0) is 23.4. The zero-order valence-corrected chi connectivity index (χ0v) is 20.5. The van der Waals surface area contributed by atoms with Gasteiger partial charge in [-0.1, -0.05) is 64.3 Å². The number of nitrogens with zero attached hydrogens (tertiary/aromatic N) is 3. The van der Waals surface area contributed by atoms with Crippen molar-refractivity contribution in [1.82, 2.24) is 20.1 Å². The molecule has 7 nitrogen and oxygen atoms in total. The van der Waals surface area contributed by atoms with Gasteiger partial charge in [-0.25, -0.2) is 0 Å². The summed E-state index contributed by atoms with van der Waals surface area (Å²) in [5.74, 6) is 0.154. The van der Waals surface area contributed by atoms with Gasteiger partial charge in [-0.3, -0.25) is 9.59 Å². The van der Waals surface area contributed by atoms with Crippen molar-refractivity contribution in [3.8, 4) is 0 Å². The van der Waals surface area contributed by atoms with Gasteiger partial charge < -0.3 is 15.2 Å². The van der Waals surface area contributed by atoms with Crippen molar-refractivity contribution in [1.29, 1.82) is 0 Å². The van der Waals surface area contributed by atoms with Crippen LogP contribution in [-0.4, -0.2) is 32.3 Å². The summed E-state index contributed by atoms with van der Waals surface area (Å²) in [4.78, 5) is 24.8. The normalized spacial score (nSPS) is 11.8. The number of carbonyl (C=O) groups excluding carboxylic acids is 2. The maximum Gasteiger partial charge on any atom is 0.251 e. The monoisotopic (exact) mass is 511 g/mol. The van der Waals surface area contributed by atoms with E-state index in [-0.39, 0.29) is 28.6 Å². The fourth-order valence-electron chi connectivity index (χ4n) is 2.81. The van der Waals surface area contributed by atoms with Gasteiger partial charge in [-0.05, 0) is 38.1 Å². The Balaban J connectivity index is 1.59.